The van der Waals surface area contributed by atoms with Crippen LogP contribution >= 0.6 is 0 Å². The van der Waals surface area contributed by atoms with Gasteiger partial charge in [0.25, 0.3) is 0 Å². The van der Waals surface area contributed by atoms with Gasteiger partial charge in [0, 0.05) is 6.54 Å². The highest BCUT2D eigenvalue weighted by Crippen LogP contribution is 2.20. The Kier molecular flexibility index (Phi) is 4.28. The van der Waals surface area contributed by atoms with Crippen molar-refractivity contribution in [1.29, 1.82) is 0 Å². The zero-order valence-electron chi connectivity index (χ0n) is 9.23. The molecule has 1 rings (SSSR count). The molecule has 0 amide bonds. The Labute approximate surface area is 95.1 Å². The number of aliphatic hydroxyl groups excluding tert-OH is 1. The summed E-state index contributed by atoms with van der Waals surface area (Å²) in [6.45, 7) is 1.55. The van der Waals surface area contributed by atoms with Gasteiger partial charge < -0.3 is 9.84 Å². The van der Waals surface area contributed by atoms with Crippen LogP contribution in [0.4, 0.5) is 0 Å². The molecule has 0 aromatic heterocycles. The lowest BCUT2D eigenvalue weighted by Gasteiger charge is -2.08. The lowest BCUT2D eigenvalue weighted by atomic mass is 10.2. The van der Waals surface area contributed by atoms with E-state index in [-0.39, 0.29) is 18.0 Å². The summed E-state index contributed by atoms with van der Waals surface area (Å²) >= 11 is 0. The minimum absolute atomic E-state index is 0.00735. The largest absolute Gasteiger partial charge is 0.496 e. The molecular formula is C10H15NO4S. The molecule has 0 aliphatic rings. The number of aryl methyl sites for hydroxylation is 1. The van der Waals surface area contributed by atoms with Crippen LogP contribution in [0, 0.1) is 6.92 Å². The number of methoxy groups -OCH3 is 1. The van der Waals surface area contributed by atoms with Crippen molar-refractivity contribution in [2.75, 3.05) is 20.3 Å². The van der Waals surface area contributed by atoms with E-state index >= 15 is 0 Å². The molecule has 1 aromatic rings. The standard InChI is InChI=1S/C10H15NO4S/c1-8-7-9(3-4-10(8)15-2)16(13,14)11-5-6-12/h3-4,7,11-12H,5-6H2,1-2H3. The van der Waals surface area contributed by atoms with Gasteiger partial charge in [-0.25, -0.2) is 13.1 Å². The highest BCUT2D eigenvalue weighted by Gasteiger charge is 2.14. The van der Waals surface area contributed by atoms with Crippen molar-refractivity contribution in [3.05, 3.63) is 23.8 Å². The van der Waals surface area contributed by atoms with Crippen molar-refractivity contribution in [2.24, 2.45) is 0 Å². The predicted molar refractivity (Wildman–Crippen MR) is 60.0 cm³/mol. The third-order valence-corrected chi connectivity index (χ3v) is 3.54. The van der Waals surface area contributed by atoms with Crippen LogP contribution in [-0.2, 0) is 10.0 Å². The summed E-state index contributed by atoms with van der Waals surface area (Å²) < 4.78 is 30.7. The van der Waals surface area contributed by atoms with Crippen molar-refractivity contribution < 1.29 is 18.3 Å². The average molecular weight is 245 g/mol. The lowest BCUT2D eigenvalue weighted by Crippen LogP contribution is -2.26. The van der Waals surface area contributed by atoms with Gasteiger partial charge in [-0.1, -0.05) is 0 Å². The highest BCUT2D eigenvalue weighted by molar-refractivity contribution is 7.89. The van der Waals surface area contributed by atoms with Crippen LogP contribution in [-0.4, -0.2) is 33.8 Å². The average Bonchev–Trinajstić information content (AvgIpc) is 2.26. The van der Waals surface area contributed by atoms with Crippen LogP contribution in [0.5, 0.6) is 5.75 Å². The molecular weight excluding hydrogens is 230 g/mol. The highest BCUT2D eigenvalue weighted by atomic mass is 32.2. The van der Waals surface area contributed by atoms with E-state index in [4.69, 9.17) is 9.84 Å². The van der Waals surface area contributed by atoms with Crippen molar-refractivity contribution in [2.45, 2.75) is 11.8 Å². The van der Waals surface area contributed by atoms with E-state index in [1.54, 1.807) is 13.0 Å². The second-order valence-electron chi connectivity index (χ2n) is 3.25. The Bertz CT molecular complexity index is 456. The lowest BCUT2D eigenvalue weighted by molar-refractivity contribution is 0.301. The first-order valence-corrected chi connectivity index (χ1v) is 6.24. The van der Waals surface area contributed by atoms with E-state index in [9.17, 15) is 8.42 Å². The Hall–Kier alpha value is -1.11. The molecule has 0 unspecified atom stereocenters. The van der Waals surface area contributed by atoms with Gasteiger partial charge in [-0.2, -0.15) is 0 Å². The minimum Gasteiger partial charge on any atom is -0.496 e. The van der Waals surface area contributed by atoms with Crippen molar-refractivity contribution >= 4 is 10.0 Å². The molecule has 0 saturated heterocycles. The molecule has 0 heterocycles. The second kappa shape index (κ2) is 5.29. The van der Waals surface area contributed by atoms with Crippen LogP contribution < -0.4 is 9.46 Å². The van der Waals surface area contributed by atoms with Gasteiger partial charge in [-0.15, -0.1) is 0 Å². The fourth-order valence-electron chi connectivity index (χ4n) is 1.28. The van der Waals surface area contributed by atoms with Gasteiger partial charge in [0.15, 0.2) is 0 Å². The molecule has 5 nitrogen and oxygen atoms in total. The quantitative estimate of drug-likeness (QED) is 0.781. The van der Waals surface area contributed by atoms with E-state index in [1.807, 2.05) is 0 Å². The van der Waals surface area contributed by atoms with Gasteiger partial charge in [0.1, 0.15) is 5.75 Å². The van der Waals surface area contributed by atoms with E-state index in [0.717, 1.165) is 5.56 Å². The Morgan fingerprint density at radius 1 is 1.44 bits per heavy atom. The summed E-state index contributed by atoms with van der Waals surface area (Å²) in [5.74, 6) is 0.640. The molecule has 0 saturated carbocycles. The minimum atomic E-state index is -3.54. The van der Waals surface area contributed by atoms with Crippen LogP contribution in [0.2, 0.25) is 0 Å². The fraction of sp³-hybridized carbons (Fsp3) is 0.400. The van der Waals surface area contributed by atoms with Gasteiger partial charge in [0.05, 0.1) is 18.6 Å². The molecule has 1 aromatic carbocycles. The zero-order chi connectivity index (χ0) is 12.2. The van der Waals surface area contributed by atoms with E-state index < -0.39 is 10.0 Å². The number of hydrogen-bond acceptors (Lipinski definition) is 4. The molecule has 16 heavy (non-hydrogen) atoms. The summed E-state index contributed by atoms with van der Waals surface area (Å²) in [6, 6.07) is 4.59. The summed E-state index contributed by atoms with van der Waals surface area (Å²) in [5.41, 5.74) is 0.745. The van der Waals surface area contributed by atoms with Gasteiger partial charge in [-0.05, 0) is 30.7 Å². The molecule has 0 aliphatic carbocycles. The van der Waals surface area contributed by atoms with E-state index in [0.29, 0.717) is 5.75 Å². The molecule has 0 aliphatic heterocycles. The number of rotatable bonds is 5. The molecule has 90 valence electrons. The number of sulfonamides is 1. The maximum Gasteiger partial charge on any atom is 0.240 e. The normalized spacial score (nSPS) is 11.4. The van der Waals surface area contributed by atoms with E-state index in [2.05, 4.69) is 4.72 Å². The topological polar surface area (TPSA) is 75.6 Å². The van der Waals surface area contributed by atoms with Crippen LogP contribution in [0.1, 0.15) is 5.56 Å². The zero-order valence-corrected chi connectivity index (χ0v) is 10.0. The number of ether oxygens (including phenoxy) is 1. The number of aliphatic hydroxyl groups is 1. The third-order valence-electron chi connectivity index (χ3n) is 2.08. The van der Waals surface area contributed by atoms with Gasteiger partial charge >= 0.3 is 0 Å². The Morgan fingerprint density at radius 2 is 2.12 bits per heavy atom. The summed E-state index contributed by atoms with van der Waals surface area (Å²) in [7, 11) is -2.01. The van der Waals surface area contributed by atoms with Crippen molar-refractivity contribution in [3.63, 3.8) is 0 Å². The number of hydrogen-bond donors (Lipinski definition) is 2. The first-order valence-electron chi connectivity index (χ1n) is 4.76. The molecule has 0 radical (unpaired) electrons. The smallest absolute Gasteiger partial charge is 0.240 e. The first kappa shape index (κ1) is 13.0. The van der Waals surface area contributed by atoms with Crippen molar-refractivity contribution in [1.82, 2.24) is 4.72 Å². The molecule has 0 fully saturated rings. The maximum atomic E-state index is 11.7. The second-order valence-corrected chi connectivity index (χ2v) is 5.02. The SMILES string of the molecule is COc1ccc(S(=O)(=O)NCCO)cc1C. The fourth-order valence-corrected chi connectivity index (χ4v) is 2.39. The summed E-state index contributed by atoms with van der Waals surface area (Å²) in [6.07, 6.45) is 0. The summed E-state index contributed by atoms with van der Waals surface area (Å²) in [4.78, 5) is 0.166. The molecule has 0 spiro atoms. The third kappa shape index (κ3) is 2.94. The van der Waals surface area contributed by atoms with Crippen LogP contribution in [0.15, 0.2) is 23.1 Å². The van der Waals surface area contributed by atoms with Crippen LogP contribution in [0.3, 0.4) is 0 Å². The molecule has 2 N–H and O–H groups in total. The predicted octanol–water partition coefficient (Wildman–Crippen LogP) is 0.274. The summed E-state index contributed by atoms with van der Waals surface area (Å²) in [5, 5.41) is 8.57. The first-order chi connectivity index (χ1) is 7.51. The van der Waals surface area contributed by atoms with Crippen molar-refractivity contribution in [3.8, 4) is 5.75 Å². The number of benzene rings is 1. The molecule has 6 heteroatoms. The van der Waals surface area contributed by atoms with E-state index in [1.165, 1.54) is 19.2 Å². The Balaban J connectivity index is 3.01. The molecule has 0 bridgehead atoms. The molecule has 0 atom stereocenters. The van der Waals surface area contributed by atoms with Gasteiger partial charge in [0.2, 0.25) is 10.0 Å². The monoisotopic (exact) mass is 245 g/mol. The number of nitrogens with one attached hydrogen (secondary N) is 1. The maximum absolute atomic E-state index is 11.7. The van der Waals surface area contributed by atoms with Crippen LogP contribution in [0.25, 0.3) is 0 Å². The van der Waals surface area contributed by atoms with Gasteiger partial charge in [-0.3, -0.25) is 0 Å². The Morgan fingerprint density at radius 3 is 2.62 bits per heavy atom.